The molecule has 4 heteroatoms. The fraction of sp³-hybridized carbons (Fsp3) is 0.647. The SMILES string of the molecule is CCCNC(CSCC(C)CO)c1cc(C)ccc1OC. The van der Waals surface area contributed by atoms with Crippen LogP contribution in [0.4, 0.5) is 0 Å². The highest BCUT2D eigenvalue weighted by atomic mass is 32.2. The van der Waals surface area contributed by atoms with E-state index in [1.54, 1.807) is 7.11 Å². The van der Waals surface area contributed by atoms with Gasteiger partial charge in [0.2, 0.25) is 0 Å². The van der Waals surface area contributed by atoms with Gasteiger partial charge >= 0.3 is 0 Å². The second-order valence-electron chi connectivity index (χ2n) is 5.58. The molecular weight excluding hydrogens is 282 g/mol. The van der Waals surface area contributed by atoms with Crippen LogP contribution in [0.3, 0.4) is 0 Å². The van der Waals surface area contributed by atoms with Gasteiger partial charge in [-0.15, -0.1) is 0 Å². The Balaban J connectivity index is 2.78. The number of ether oxygens (including phenoxy) is 1. The number of hydrogen-bond acceptors (Lipinski definition) is 4. The number of aryl methyl sites for hydroxylation is 1. The maximum atomic E-state index is 9.13. The molecule has 0 amide bonds. The van der Waals surface area contributed by atoms with Crippen LogP contribution >= 0.6 is 11.8 Å². The Labute approximate surface area is 133 Å². The van der Waals surface area contributed by atoms with Gasteiger partial charge in [-0.05, 0) is 37.6 Å². The molecular formula is C17H29NO2S. The third-order valence-corrected chi connectivity index (χ3v) is 4.77. The molecule has 0 fully saturated rings. The van der Waals surface area contributed by atoms with E-state index in [2.05, 4.69) is 38.2 Å². The Bertz CT molecular complexity index is 412. The zero-order valence-corrected chi connectivity index (χ0v) is 14.5. The molecule has 0 heterocycles. The number of nitrogens with one attached hydrogen (secondary N) is 1. The van der Waals surface area contributed by atoms with Crippen LogP contribution in [0.1, 0.15) is 37.4 Å². The first-order chi connectivity index (χ1) is 10.1. The van der Waals surface area contributed by atoms with Crippen molar-refractivity contribution in [1.82, 2.24) is 5.32 Å². The second-order valence-corrected chi connectivity index (χ2v) is 6.65. The summed E-state index contributed by atoms with van der Waals surface area (Å²) >= 11 is 1.89. The number of benzene rings is 1. The minimum atomic E-state index is 0.258. The standard InChI is InChI=1S/C17H29NO2S/c1-5-8-18-16(12-21-11-14(3)10-19)15-9-13(2)6-7-17(15)20-4/h6-7,9,14,16,18-19H,5,8,10-12H2,1-4H3. The minimum Gasteiger partial charge on any atom is -0.496 e. The summed E-state index contributed by atoms with van der Waals surface area (Å²) in [5, 5.41) is 12.7. The van der Waals surface area contributed by atoms with E-state index in [0.717, 1.165) is 30.2 Å². The third kappa shape index (κ3) is 6.29. The van der Waals surface area contributed by atoms with E-state index >= 15 is 0 Å². The smallest absolute Gasteiger partial charge is 0.123 e. The van der Waals surface area contributed by atoms with E-state index in [-0.39, 0.29) is 12.6 Å². The predicted octanol–water partition coefficient (Wildman–Crippen LogP) is 3.41. The minimum absolute atomic E-state index is 0.258. The van der Waals surface area contributed by atoms with Crippen LogP contribution in [0, 0.1) is 12.8 Å². The maximum absolute atomic E-state index is 9.13. The molecule has 2 unspecified atom stereocenters. The molecule has 0 aliphatic heterocycles. The quantitative estimate of drug-likeness (QED) is 0.695. The molecule has 1 aromatic carbocycles. The maximum Gasteiger partial charge on any atom is 0.123 e. The molecule has 0 bridgehead atoms. The van der Waals surface area contributed by atoms with E-state index < -0.39 is 0 Å². The molecule has 21 heavy (non-hydrogen) atoms. The molecule has 3 nitrogen and oxygen atoms in total. The van der Waals surface area contributed by atoms with Crippen molar-refractivity contribution in [2.75, 3.05) is 31.8 Å². The molecule has 0 aromatic heterocycles. The molecule has 1 rings (SSSR count). The summed E-state index contributed by atoms with van der Waals surface area (Å²) in [4.78, 5) is 0. The first-order valence-corrected chi connectivity index (χ1v) is 8.84. The fourth-order valence-corrected chi connectivity index (χ4v) is 3.32. The van der Waals surface area contributed by atoms with Crippen LogP contribution in [-0.2, 0) is 0 Å². The van der Waals surface area contributed by atoms with Crippen molar-refractivity contribution in [3.8, 4) is 5.75 Å². The summed E-state index contributed by atoms with van der Waals surface area (Å²) in [6, 6.07) is 6.63. The molecule has 0 spiro atoms. The Morgan fingerprint density at radius 3 is 2.71 bits per heavy atom. The molecule has 120 valence electrons. The highest BCUT2D eigenvalue weighted by molar-refractivity contribution is 7.99. The summed E-state index contributed by atoms with van der Waals surface area (Å²) < 4.78 is 5.52. The van der Waals surface area contributed by atoms with Crippen molar-refractivity contribution in [2.45, 2.75) is 33.2 Å². The molecule has 1 aromatic rings. The van der Waals surface area contributed by atoms with Crippen LogP contribution in [0.25, 0.3) is 0 Å². The lowest BCUT2D eigenvalue weighted by Crippen LogP contribution is -2.25. The van der Waals surface area contributed by atoms with Crippen molar-refractivity contribution < 1.29 is 9.84 Å². The van der Waals surface area contributed by atoms with Crippen LogP contribution in [-0.4, -0.2) is 36.9 Å². The lowest BCUT2D eigenvalue weighted by molar-refractivity contribution is 0.250. The summed E-state index contributed by atoms with van der Waals surface area (Å²) in [6.45, 7) is 7.62. The van der Waals surface area contributed by atoms with E-state index in [1.807, 2.05) is 17.8 Å². The van der Waals surface area contributed by atoms with Crippen molar-refractivity contribution in [2.24, 2.45) is 5.92 Å². The third-order valence-electron chi connectivity index (χ3n) is 3.40. The number of hydrogen-bond donors (Lipinski definition) is 2. The van der Waals surface area contributed by atoms with Gasteiger partial charge in [-0.2, -0.15) is 11.8 Å². The van der Waals surface area contributed by atoms with Gasteiger partial charge in [0.05, 0.1) is 7.11 Å². The highest BCUT2D eigenvalue weighted by Gasteiger charge is 2.16. The van der Waals surface area contributed by atoms with Gasteiger partial charge in [0.15, 0.2) is 0 Å². The van der Waals surface area contributed by atoms with Gasteiger partial charge in [-0.3, -0.25) is 0 Å². The van der Waals surface area contributed by atoms with Crippen molar-refractivity contribution in [1.29, 1.82) is 0 Å². The van der Waals surface area contributed by atoms with E-state index in [9.17, 15) is 0 Å². The first-order valence-electron chi connectivity index (χ1n) is 7.68. The van der Waals surface area contributed by atoms with Crippen molar-refractivity contribution >= 4 is 11.8 Å². The van der Waals surface area contributed by atoms with Gasteiger partial charge in [0.25, 0.3) is 0 Å². The number of rotatable bonds is 10. The van der Waals surface area contributed by atoms with Crippen LogP contribution in [0.15, 0.2) is 18.2 Å². The Morgan fingerprint density at radius 2 is 2.10 bits per heavy atom. The highest BCUT2D eigenvalue weighted by Crippen LogP contribution is 2.29. The van der Waals surface area contributed by atoms with E-state index in [0.29, 0.717) is 5.92 Å². The predicted molar refractivity (Wildman–Crippen MR) is 92.3 cm³/mol. The lowest BCUT2D eigenvalue weighted by Gasteiger charge is -2.22. The van der Waals surface area contributed by atoms with E-state index in [1.165, 1.54) is 11.1 Å². The van der Waals surface area contributed by atoms with Crippen LogP contribution < -0.4 is 10.1 Å². The molecule has 0 saturated carbocycles. The largest absolute Gasteiger partial charge is 0.496 e. The first kappa shape index (κ1) is 18.3. The van der Waals surface area contributed by atoms with Crippen LogP contribution in [0.2, 0.25) is 0 Å². The lowest BCUT2D eigenvalue weighted by atomic mass is 10.0. The molecule has 0 aliphatic rings. The Morgan fingerprint density at radius 1 is 1.33 bits per heavy atom. The van der Waals surface area contributed by atoms with Gasteiger partial charge in [-0.1, -0.05) is 31.5 Å². The van der Waals surface area contributed by atoms with Gasteiger partial charge in [0.1, 0.15) is 5.75 Å². The fourth-order valence-electron chi connectivity index (χ4n) is 2.14. The van der Waals surface area contributed by atoms with Gasteiger partial charge in [-0.25, -0.2) is 0 Å². The summed E-state index contributed by atoms with van der Waals surface area (Å²) in [5.41, 5.74) is 2.48. The van der Waals surface area contributed by atoms with Crippen LogP contribution in [0.5, 0.6) is 5.75 Å². The molecule has 0 saturated heterocycles. The zero-order valence-electron chi connectivity index (χ0n) is 13.7. The summed E-state index contributed by atoms with van der Waals surface area (Å²) in [5.74, 6) is 3.27. The number of aliphatic hydroxyl groups excluding tert-OH is 1. The average Bonchev–Trinajstić information content (AvgIpc) is 2.50. The summed E-state index contributed by atoms with van der Waals surface area (Å²) in [7, 11) is 1.73. The number of methoxy groups -OCH3 is 1. The monoisotopic (exact) mass is 311 g/mol. The Kier molecular flexibility index (Phi) is 8.81. The van der Waals surface area contributed by atoms with Crippen molar-refractivity contribution in [3.05, 3.63) is 29.3 Å². The average molecular weight is 311 g/mol. The van der Waals surface area contributed by atoms with Gasteiger partial charge in [0, 0.05) is 24.0 Å². The van der Waals surface area contributed by atoms with Crippen molar-refractivity contribution in [3.63, 3.8) is 0 Å². The zero-order chi connectivity index (χ0) is 15.7. The normalized spacial score (nSPS) is 14.0. The summed E-state index contributed by atoms with van der Waals surface area (Å²) in [6.07, 6.45) is 1.11. The molecule has 2 atom stereocenters. The molecule has 0 radical (unpaired) electrons. The number of thioether (sulfide) groups is 1. The van der Waals surface area contributed by atoms with Gasteiger partial charge < -0.3 is 15.2 Å². The second kappa shape index (κ2) is 10.1. The molecule has 0 aliphatic carbocycles. The Hall–Kier alpha value is -0.710. The topological polar surface area (TPSA) is 41.5 Å². The molecule has 2 N–H and O–H groups in total. The van der Waals surface area contributed by atoms with E-state index in [4.69, 9.17) is 9.84 Å². The number of aliphatic hydroxyl groups is 1.